The lowest BCUT2D eigenvalue weighted by atomic mass is 9.97. The molecule has 0 radical (unpaired) electrons. The summed E-state index contributed by atoms with van der Waals surface area (Å²) in [6.07, 6.45) is 0.954. The predicted octanol–water partition coefficient (Wildman–Crippen LogP) is 2.91. The Morgan fingerprint density at radius 3 is 3.18 bits per heavy atom. The summed E-state index contributed by atoms with van der Waals surface area (Å²) in [5.74, 6) is 1.78. The molecule has 2 heterocycles. The van der Waals surface area contributed by atoms with Crippen LogP contribution in [-0.4, -0.2) is 29.8 Å². The minimum Gasteiger partial charge on any atom is -0.493 e. The van der Waals surface area contributed by atoms with E-state index < -0.39 is 0 Å². The molecule has 1 aromatic carbocycles. The average molecular weight is 334 g/mol. The number of rotatable bonds is 5. The van der Waals surface area contributed by atoms with Gasteiger partial charge in [0.05, 0.1) is 12.4 Å². The highest BCUT2D eigenvalue weighted by Crippen LogP contribution is 2.26. The Kier molecular flexibility index (Phi) is 5.00. The fourth-order valence-electron chi connectivity index (χ4n) is 2.36. The van der Waals surface area contributed by atoms with Gasteiger partial charge in [0.25, 0.3) is 0 Å². The molecule has 1 amide bonds. The topological polar surface area (TPSA) is 51.2 Å². The molecule has 0 aliphatic carbocycles. The SMILES string of the molecule is Cc1csc(SCC(=O)NCC2COc3ccccc3C2)n1. The maximum Gasteiger partial charge on any atom is 0.230 e. The Labute approximate surface area is 138 Å². The number of ether oxygens (including phenoxy) is 1. The van der Waals surface area contributed by atoms with E-state index in [1.165, 1.54) is 17.3 Å². The first kappa shape index (κ1) is 15.4. The molecule has 1 aliphatic rings. The number of thioether (sulfide) groups is 1. The van der Waals surface area contributed by atoms with E-state index in [9.17, 15) is 4.79 Å². The van der Waals surface area contributed by atoms with E-state index in [4.69, 9.17) is 4.74 Å². The van der Waals surface area contributed by atoms with Crippen molar-refractivity contribution in [1.82, 2.24) is 10.3 Å². The zero-order chi connectivity index (χ0) is 15.4. The maximum atomic E-state index is 11.9. The number of benzene rings is 1. The molecule has 1 aromatic heterocycles. The third kappa shape index (κ3) is 4.01. The molecule has 1 atom stereocenters. The summed E-state index contributed by atoms with van der Waals surface area (Å²) in [7, 11) is 0. The van der Waals surface area contributed by atoms with Crippen molar-refractivity contribution in [2.45, 2.75) is 17.7 Å². The fourth-order valence-corrected chi connectivity index (χ4v) is 4.04. The third-order valence-electron chi connectivity index (χ3n) is 3.47. The van der Waals surface area contributed by atoms with Gasteiger partial charge in [-0.1, -0.05) is 30.0 Å². The number of para-hydroxylation sites is 1. The maximum absolute atomic E-state index is 11.9. The van der Waals surface area contributed by atoms with Gasteiger partial charge in [-0.25, -0.2) is 4.98 Å². The van der Waals surface area contributed by atoms with Gasteiger partial charge in [-0.3, -0.25) is 4.79 Å². The van der Waals surface area contributed by atoms with Crippen molar-refractivity contribution in [2.75, 3.05) is 18.9 Å². The van der Waals surface area contributed by atoms with E-state index in [0.717, 1.165) is 22.2 Å². The molecule has 22 heavy (non-hydrogen) atoms. The fraction of sp³-hybridized carbons (Fsp3) is 0.375. The summed E-state index contributed by atoms with van der Waals surface area (Å²) in [5, 5.41) is 4.99. The number of aryl methyl sites for hydroxylation is 1. The van der Waals surface area contributed by atoms with Crippen LogP contribution in [0, 0.1) is 12.8 Å². The number of thiazole rings is 1. The molecule has 116 valence electrons. The Bertz CT molecular complexity index is 657. The van der Waals surface area contributed by atoms with Crippen LogP contribution < -0.4 is 10.1 Å². The van der Waals surface area contributed by atoms with Gasteiger partial charge in [0.2, 0.25) is 5.91 Å². The first-order valence-electron chi connectivity index (χ1n) is 7.23. The van der Waals surface area contributed by atoms with Crippen molar-refractivity contribution in [3.8, 4) is 5.75 Å². The lowest BCUT2D eigenvalue weighted by Gasteiger charge is -2.25. The molecule has 0 bridgehead atoms. The Balaban J connectivity index is 1.42. The molecule has 4 nitrogen and oxygen atoms in total. The number of carbonyl (C=O) groups is 1. The van der Waals surface area contributed by atoms with Crippen LogP contribution in [0.1, 0.15) is 11.3 Å². The van der Waals surface area contributed by atoms with Gasteiger partial charge in [0.15, 0.2) is 4.34 Å². The monoisotopic (exact) mass is 334 g/mol. The van der Waals surface area contributed by atoms with Crippen LogP contribution >= 0.6 is 23.1 Å². The first-order chi connectivity index (χ1) is 10.7. The lowest BCUT2D eigenvalue weighted by Crippen LogP contribution is -2.35. The van der Waals surface area contributed by atoms with Crippen molar-refractivity contribution < 1.29 is 9.53 Å². The molecular weight excluding hydrogens is 316 g/mol. The minimum absolute atomic E-state index is 0.0525. The molecule has 2 aromatic rings. The normalized spacial score (nSPS) is 16.7. The van der Waals surface area contributed by atoms with Crippen molar-refractivity contribution in [2.24, 2.45) is 5.92 Å². The van der Waals surface area contributed by atoms with Crippen molar-refractivity contribution in [3.05, 3.63) is 40.9 Å². The van der Waals surface area contributed by atoms with Gasteiger partial charge in [-0.2, -0.15) is 0 Å². The Morgan fingerprint density at radius 1 is 1.50 bits per heavy atom. The number of hydrogen-bond donors (Lipinski definition) is 1. The minimum atomic E-state index is 0.0525. The molecular formula is C16H18N2O2S2. The summed E-state index contributed by atoms with van der Waals surface area (Å²) >= 11 is 3.07. The van der Waals surface area contributed by atoms with Gasteiger partial charge >= 0.3 is 0 Å². The standard InChI is InChI=1S/C16H18N2O2S2/c1-11-9-21-16(18-11)22-10-15(19)17-7-12-6-13-4-2-3-5-14(13)20-8-12/h2-5,9,12H,6-8,10H2,1H3,(H,17,19). The molecule has 1 unspecified atom stereocenters. The Morgan fingerprint density at radius 2 is 2.36 bits per heavy atom. The molecule has 0 saturated heterocycles. The van der Waals surface area contributed by atoms with Crippen LogP contribution in [0.15, 0.2) is 34.0 Å². The predicted molar refractivity (Wildman–Crippen MR) is 89.7 cm³/mol. The van der Waals surface area contributed by atoms with Crippen LogP contribution in [0.4, 0.5) is 0 Å². The van der Waals surface area contributed by atoms with Crippen LogP contribution in [0.3, 0.4) is 0 Å². The number of carbonyl (C=O) groups excluding carboxylic acids is 1. The van der Waals surface area contributed by atoms with Crippen molar-refractivity contribution in [3.63, 3.8) is 0 Å². The molecule has 0 fully saturated rings. The highest BCUT2D eigenvalue weighted by Gasteiger charge is 2.19. The number of aromatic nitrogens is 1. The second-order valence-corrected chi connectivity index (χ2v) is 7.42. The van der Waals surface area contributed by atoms with Crippen LogP contribution in [0.2, 0.25) is 0 Å². The van der Waals surface area contributed by atoms with Crippen LogP contribution in [0.5, 0.6) is 5.75 Å². The number of fused-ring (bicyclic) bond motifs is 1. The van der Waals surface area contributed by atoms with E-state index in [1.807, 2.05) is 30.5 Å². The molecule has 3 rings (SSSR count). The van der Waals surface area contributed by atoms with Crippen molar-refractivity contribution >= 4 is 29.0 Å². The summed E-state index contributed by atoms with van der Waals surface area (Å²) < 4.78 is 6.68. The van der Waals surface area contributed by atoms with Gasteiger partial charge in [-0.15, -0.1) is 11.3 Å². The van der Waals surface area contributed by atoms with Crippen LogP contribution in [-0.2, 0) is 11.2 Å². The molecule has 1 aliphatic heterocycles. The lowest BCUT2D eigenvalue weighted by molar-refractivity contribution is -0.118. The average Bonchev–Trinajstić information content (AvgIpc) is 2.96. The van der Waals surface area contributed by atoms with E-state index in [0.29, 0.717) is 24.8 Å². The summed E-state index contributed by atoms with van der Waals surface area (Å²) in [6.45, 7) is 3.28. The number of hydrogen-bond acceptors (Lipinski definition) is 5. The highest BCUT2D eigenvalue weighted by atomic mass is 32.2. The van der Waals surface area contributed by atoms with E-state index in [2.05, 4.69) is 16.4 Å². The van der Waals surface area contributed by atoms with E-state index >= 15 is 0 Å². The molecule has 0 saturated carbocycles. The Hall–Kier alpha value is -1.53. The van der Waals surface area contributed by atoms with Gasteiger partial charge in [-0.05, 0) is 25.0 Å². The van der Waals surface area contributed by atoms with Gasteiger partial charge in [0, 0.05) is 23.5 Å². The highest BCUT2D eigenvalue weighted by molar-refractivity contribution is 8.01. The van der Waals surface area contributed by atoms with Gasteiger partial charge in [0.1, 0.15) is 5.75 Å². The second kappa shape index (κ2) is 7.15. The molecule has 0 spiro atoms. The van der Waals surface area contributed by atoms with E-state index in [1.54, 1.807) is 11.3 Å². The largest absolute Gasteiger partial charge is 0.493 e. The summed E-state index contributed by atoms with van der Waals surface area (Å²) in [6, 6.07) is 8.09. The first-order valence-corrected chi connectivity index (χ1v) is 9.09. The van der Waals surface area contributed by atoms with E-state index in [-0.39, 0.29) is 5.91 Å². The second-order valence-electron chi connectivity index (χ2n) is 5.34. The zero-order valence-corrected chi connectivity index (χ0v) is 14.0. The number of nitrogens with zero attached hydrogens (tertiary/aromatic N) is 1. The smallest absolute Gasteiger partial charge is 0.230 e. The summed E-state index contributed by atoms with van der Waals surface area (Å²) in [4.78, 5) is 16.3. The van der Waals surface area contributed by atoms with Crippen molar-refractivity contribution in [1.29, 1.82) is 0 Å². The van der Waals surface area contributed by atoms with Gasteiger partial charge < -0.3 is 10.1 Å². The number of amides is 1. The number of nitrogens with one attached hydrogen (secondary N) is 1. The molecule has 6 heteroatoms. The zero-order valence-electron chi connectivity index (χ0n) is 12.4. The molecule has 1 N–H and O–H groups in total. The summed E-state index contributed by atoms with van der Waals surface area (Å²) in [5.41, 5.74) is 2.23. The quantitative estimate of drug-likeness (QED) is 0.854. The third-order valence-corrected chi connectivity index (χ3v) is 5.61. The van der Waals surface area contributed by atoms with Crippen LogP contribution in [0.25, 0.3) is 0 Å².